The normalized spacial score (nSPS) is 32.6. The summed E-state index contributed by atoms with van der Waals surface area (Å²) in [4.78, 5) is 13.3. The molecule has 2 fully saturated rings. The number of rotatable bonds is 3. The van der Waals surface area contributed by atoms with Crippen molar-refractivity contribution in [2.24, 2.45) is 11.1 Å². The van der Waals surface area contributed by atoms with Crippen molar-refractivity contribution in [2.45, 2.75) is 51.6 Å². The fraction of sp³-hybridized carbons (Fsp3) is 0.929. The second kappa shape index (κ2) is 5.17. The second-order valence-electron chi connectivity index (χ2n) is 6.63. The summed E-state index contributed by atoms with van der Waals surface area (Å²) in [5.41, 5.74) is 5.64. The van der Waals surface area contributed by atoms with Gasteiger partial charge in [-0.25, -0.2) is 0 Å². The van der Waals surface area contributed by atoms with Crippen LogP contribution in [0.5, 0.6) is 0 Å². The number of ether oxygens (including phenoxy) is 1. The topological polar surface area (TPSA) is 55.6 Å². The molecular weight excluding hydrogens is 228 g/mol. The van der Waals surface area contributed by atoms with Gasteiger partial charge in [0.15, 0.2) is 0 Å². The van der Waals surface area contributed by atoms with Crippen molar-refractivity contribution < 1.29 is 9.53 Å². The molecule has 104 valence electrons. The Labute approximate surface area is 110 Å². The Morgan fingerprint density at radius 3 is 2.83 bits per heavy atom. The van der Waals surface area contributed by atoms with Crippen LogP contribution >= 0.6 is 0 Å². The number of nitrogens with two attached hydrogens (primary N) is 1. The van der Waals surface area contributed by atoms with Gasteiger partial charge in [-0.15, -0.1) is 0 Å². The van der Waals surface area contributed by atoms with Gasteiger partial charge in [-0.1, -0.05) is 0 Å². The van der Waals surface area contributed by atoms with Crippen molar-refractivity contribution in [3.05, 3.63) is 0 Å². The molecule has 2 aliphatic rings. The average Bonchev–Trinajstić information content (AvgIpc) is 2.25. The lowest BCUT2D eigenvalue weighted by Crippen LogP contribution is -2.51. The molecule has 4 nitrogen and oxygen atoms in total. The highest BCUT2D eigenvalue weighted by molar-refractivity contribution is 5.73. The average molecular weight is 254 g/mol. The Morgan fingerprint density at radius 1 is 1.39 bits per heavy atom. The molecule has 0 aliphatic carbocycles. The van der Waals surface area contributed by atoms with E-state index >= 15 is 0 Å². The van der Waals surface area contributed by atoms with E-state index in [0.29, 0.717) is 11.8 Å². The molecule has 2 N–H and O–H groups in total. The van der Waals surface area contributed by atoms with Crippen LogP contribution in [0, 0.1) is 5.41 Å². The summed E-state index contributed by atoms with van der Waals surface area (Å²) in [6.45, 7) is 8.28. The van der Waals surface area contributed by atoms with Gasteiger partial charge >= 0.3 is 0 Å². The maximum absolute atomic E-state index is 10.9. The van der Waals surface area contributed by atoms with Crippen molar-refractivity contribution >= 4 is 5.91 Å². The third-order valence-electron chi connectivity index (χ3n) is 4.34. The number of piperidine rings is 1. The molecule has 0 saturated carbocycles. The number of amides is 1. The van der Waals surface area contributed by atoms with Crippen molar-refractivity contribution in [1.29, 1.82) is 0 Å². The van der Waals surface area contributed by atoms with Gasteiger partial charge in [0.1, 0.15) is 0 Å². The number of hydrogen-bond acceptors (Lipinski definition) is 3. The molecule has 4 heteroatoms. The second-order valence-corrected chi connectivity index (χ2v) is 6.63. The quantitative estimate of drug-likeness (QED) is 0.831. The summed E-state index contributed by atoms with van der Waals surface area (Å²) >= 11 is 0. The third-order valence-corrected chi connectivity index (χ3v) is 4.34. The van der Waals surface area contributed by atoms with E-state index in [1.165, 1.54) is 12.8 Å². The minimum atomic E-state index is -0.193. The molecule has 2 saturated heterocycles. The summed E-state index contributed by atoms with van der Waals surface area (Å²) in [5, 5.41) is 0. The van der Waals surface area contributed by atoms with Crippen LogP contribution in [-0.4, -0.2) is 42.6 Å². The predicted molar refractivity (Wildman–Crippen MR) is 71.2 cm³/mol. The fourth-order valence-corrected chi connectivity index (χ4v) is 3.70. The van der Waals surface area contributed by atoms with Crippen LogP contribution in [0.1, 0.15) is 46.0 Å². The van der Waals surface area contributed by atoms with Crippen LogP contribution in [-0.2, 0) is 9.53 Å². The van der Waals surface area contributed by atoms with Gasteiger partial charge in [-0.2, -0.15) is 0 Å². The molecule has 1 atom stereocenters. The van der Waals surface area contributed by atoms with Gasteiger partial charge < -0.3 is 15.4 Å². The molecule has 0 aromatic carbocycles. The van der Waals surface area contributed by atoms with E-state index in [-0.39, 0.29) is 11.5 Å². The van der Waals surface area contributed by atoms with Gasteiger partial charge in [-0.05, 0) is 51.5 Å². The number of likely N-dealkylation sites (tertiary alicyclic amines) is 1. The van der Waals surface area contributed by atoms with Crippen LogP contribution in [0.2, 0.25) is 0 Å². The molecule has 0 unspecified atom stereocenters. The Morgan fingerprint density at radius 2 is 2.17 bits per heavy atom. The number of primary amides is 1. The number of hydrogen-bond donors (Lipinski definition) is 1. The van der Waals surface area contributed by atoms with Gasteiger partial charge in [0, 0.05) is 26.1 Å². The van der Waals surface area contributed by atoms with E-state index in [2.05, 4.69) is 18.7 Å². The Kier molecular flexibility index (Phi) is 3.97. The summed E-state index contributed by atoms with van der Waals surface area (Å²) in [6, 6.07) is 0. The summed E-state index contributed by atoms with van der Waals surface area (Å²) in [5.74, 6) is -0.193. The zero-order chi connectivity index (χ0) is 13.2. The van der Waals surface area contributed by atoms with Crippen molar-refractivity contribution in [3.63, 3.8) is 0 Å². The van der Waals surface area contributed by atoms with E-state index in [9.17, 15) is 4.79 Å². The zero-order valence-corrected chi connectivity index (χ0v) is 11.7. The maximum atomic E-state index is 10.9. The standard InChI is InChI=1S/C14H26N2O2/c1-13(2)10-14(6-9-18-13)5-3-7-16(11-14)8-4-12(15)17/h3-11H2,1-2H3,(H2,15,17)/t14-/m0/s1. The lowest BCUT2D eigenvalue weighted by molar-refractivity contribution is -0.125. The lowest BCUT2D eigenvalue weighted by Gasteiger charge is -2.50. The Bertz CT molecular complexity index is 313. The highest BCUT2D eigenvalue weighted by Gasteiger charge is 2.43. The smallest absolute Gasteiger partial charge is 0.218 e. The monoisotopic (exact) mass is 254 g/mol. The lowest BCUT2D eigenvalue weighted by atomic mass is 9.69. The first-order valence-corrected chi connectivity index (χ1v) is 7.06. The Balaban J connectivity index is 1.94. The molecule has 0 bridgehead atoms. The minimum absolute atomic E-state index is 0.00491. The molecule has 1 amide bonds. The van der Waals surface area contributed by atoms with Crippen LogP contribution in [0.4, 0.5) is 0 Å². The van der Waals surface area contributed by atoms with Crippen molar-refractivity contribution in [2.75, 3.05) is 26.2 Å². The first-order valence-electron chi connectivity index (χ1n) is 7.06. The zero-order valence-electron chi connectivity index (χ0n) is 11.7. The summed E-state index contributed by atoms with van der Waals surface area (Å²) in [7, 11) is 0. The Hall–Kier alpha value is -0.610. The molecule has 0 radical (unpaired) electrons. The third kappa shape index (κ3) is 3.45. The van der Waals surface area contributed by atoms with Crippen LogP contribution in [0.3, 0.4) is 0 Å². The maximum Gasteiger partial charge on any atom is 0.218 e. The number of nitrogens with zero attached hydrogens (tertiary/aromatic N) is 1. The van der Waals surface area contributed by atoms with Crippen LogP contribution in [0.15, 0.2) is 0 Å². The van der Waals surface area contributed by atoms with E-state index in [0.717, 1.165) is 39.1 Å². The highest BCUT2D eigenvalue weighted by Crippen LogP contribution is 2.44. The highest BCUT2D eigenvalue weighted by atomic mass is 16.5. The minimum Gasteiger partial charge on any atom is -0.376 e. The molecule has 0 aromatic rings. The molecule has 2 aliphatic heterocycles. The van der Waals surface area contributed by atoms with Gasteiger partial charge in [0.25, 0.3) is 0 Å². The van der Waals surface area contributed by atoms with Crippen molar-refractivity contribution in [3.8, 4) is 0 Å². The van der Waals surface area contributed by atoms with E-state index in [1.807, 2.05) is 0 Å². The molecule has 1 spiro atoms. The first-order chi connectivity index (χ1) is 8.41. The van der Waals surface area contributed by atoms with Gasteiger partial charge in [0.2, 0.25) is 5.91 Å². The van der Waals surface area contributed by atoms with Crippen LogP contribution in [0.25, 0.3) is 0 Å². The predicted octanol–water partition coefficient (Wildman–Crippen LogP) is 1.53. The fourth-order valence-electron chi connectivity index (χ4n) is 3.70. The van der Waals surface area contributed by atoms with Gasteiger partial charge in [0.05, 0.1) is 5.60 Å². The molecule has 18 heavy (non-hydrogen) atoms. The molecule has 2 heterocycles. The van der Waals surface area contributed by atoms with Crippen molar-refractivity contribution in [1.82, 2.24) is 4.90 Å². The van der Waals surface area contributed by atoms with Gasteiger partial charge in [-0.3, -0.25) is 4.79 Å². The SMILES string of the molecule is CC1(C)C[C@]2(CCCN(CCC(N)=O)C2)CCO1. The first kappa shape index (κ1) is 13.8. The van der Waals surface area contributed by atoms with E-state index in [4.69, 9.17) is 10.5 Å². The molecular formula is C14H26N2O2. The molecule has 0 aromatic heterocycles. The van der Waals surface area contributed by atoms with E-state index in [1.54, 1.807) is 0 Å². The number of carbonyl (C=O) groups is 1. The van der Waals surface area contributed by atoms with Crippen LogP contribution < -0.4 is 5.73 Å². The number of carbonyl (C=O) groups excluding carboxylic acids is 1. The molecule has 2 rings (SSSR count). The van der Waals surface area contributed by atoms with E-state index < -0.39 is 0 Å². The largest absolute Gasteiger partial charge is 0.376 e. The summed E-state index contributed by atoms with van der Waals surface area (Å²) < 4.78 is 5.83. The summed E-state index contributed by atoms with van der Waals surface area (Å²) in [6.07, 6.45) is 5.30.